The first kappa shape index (κ1) is 25.6. The first-order valence-corrected chi connectivity index (χ1v) is 12.8. The molecule has 0 spiro atoms. The van der Waals surface area contributed by atoms with Gasteiger partial charge >= 0.3 is 0 Å². The lowest BCUT2D eigenvalue weighted by molar-refractivity contribution is -0.123. The number of amides is 1. The predicted octanol–water partition coefficient (Wildman–Crippen LogP) is 3.86. The molecule has 1 aromatic rings. The van der Waals surface area contributed by atoms with E-state index in [0.29, 0.717) is 19.4 Å². The van der Waals surface area contributed by atoms with Gasteiger partial charge in [-0.1, -0.05) is 64.8 Å². The topological polar surface area (TPSA) is 75.3 Å². The number of sulfone groups is 1. The third kappa shape index (κ3) is 9.77. The molecule has 6 heteroatoms. The molecule has 1 rings (SSSR count). The highest BCUT2D eigenvalue weighted by Gasteiger charge is 2.28. The zero-order valence-electron chi connectivity index (χ0n) is 18.7. The number of rotatable bonds is 15. The molecule has 1 amide bonds. The van der Waals surface area contributed by atoms with Crippen molar-refractivity contribution in [2.75, 3.05) is 18.8 Å². The van der Waals surface area contributed by atoms with Crippen molar-refractivity contribution in [1.29, 1.82) is 0 Å². The van der Waals surface area contributed by atoms with E-state index in [1.165, 1.54) is 11.1 Å². The zero-order valence-corrected chi connectivity index (χ0v) is 19.5. The Morgan fingerprint density at radius 3 is 2.31 bits per heavy atom. The van der Waals surface area contributed by atoms with E-state index in [1.807, 2.05) is 13.8 Å². The van der Waals surface area contributed by atoms with Crippen LogP contribution in [0.15, 0.2) is 24.3 Å². The molecular weight excluding hydrogens is 384 g/mol. The summed E-state index contributed by atoms with van der Waals surface area (Å²) in [5, 5.41) is 5.95. The third-order valence-corrected chi connectivity index (χ3v) is 7.67. The molecule has 0 bridgehead atoms. The van der Waals surface area contributed by atoms with Crippen molar-refractivity contribution in [3.05, 3.63) is 35.4 Å². The molecule has 0 heterocycles. The number of hydrogen-bond donors (Lipinski definition) is 2. The highest BCUT2D eigenvalue weighted by atomic mass is 32.2. The van der Waals surface area contributed by atoms with Crippen LogP contribution in [-0.2, 0) is 27.6 Å². The van der Waals surface area contributed by atoms with Gasteiger partial charge in [0.1, 0.15) is 0 Å². The molecular formula is C23H40N2O3S. The first-order chi connectivity index (χ1) is 13.8. The quantitative estimate of drug-likeness (QED) is 0.419. The molecule has 1 unspecified atom stereocenters. The molecule has 0 aromatic heterocycles. The van der Waals surface area contributed by atoms with E-state index < -0.39 is 15.8 Å². The molecule has 29 heavy (non-hydrogen) atoms. The standard InChI is InChI=1S/C23H40N2O3S/c1-5-10-22(11-6-2)29(27,28)18-19(4)23(26)25-15-9-14-24-17-21-13-8-12-20(7-3)16-21/h8,12-13,16,19,22,24H,5-7,9-11,14-15,17-18H2,1-4H3,(H,25,26). The molecule has 0 radical (unpaired) electrons. The van der Waals surface area contributed by atoms with Gasteiger partial charge in [-0.15, -0.1) is 0 Å². The summed E-state index contributed by atoms with van der Waals surface area (Å²) in [5.41, 5.74) is 2.60. The molecule has 0 saturated heterocycles. The Labute approximate surface area is 178 Å². The average molecular weight is 425 g/mol. The number of nitrogens with one attached hydrogen (secondary N) is 2. The molecule has 1 atom stereocenters. The fourth-order valence-electron chi connectivity index (χ4n) is 3.50. The molecule has 0 aliphatic heterocycles. The van der Waals surface area contributed by atoms with E-state index in [-0.39, 0.29) is 16.9 Å². The van der Waals surface area contributed by atoms with Gasteiger partial charge in [-0.05, 0) is 43.4 Å². The van der Waals surface area contributed by atoms with Gasteiger partial charge < -0.3 is 10.6 Å². The fourth-order valence-corrected chi connectivity index (χ4v) is 5.81. The number of hydrogen-bond acceptors (Lipinski definition) is 4. The van der Waals surface area contributed by atoms with Crippen LogP contribution in [0.2, 0.25) is 0 Å². The van der Waals surface area contributed by atoms with Crippen molar-refractivity contribution < 1.29 is 13.2 Å². The minimum atomic E-state index is -3.24. The largest absolute Gasteiger partial charge is 0.356 e. The highest BCUT2D eigenvalue weighted by molar-refractivity contribution is 7.92. The molecule has 0 saturated carbocycles. The maximum absolute atomic E-state index is 12.6. The second kappa shape index (κ2) is 13.8. The molecule has 0 fully saturated rings. The number of benzene rings is 1. The van der Waals surface area contributed by atoms with Crippen LogP contribution in [0.5, 0.6) is 0 Å². The summed E-state index contributed by atoms with van der Waals surface area (Å²) in [6.07, 6.45) is 4.90. The Balaban J connectivity index is 2.31. The maximum atomic E-state index is 12.6. The Hall–Kier alpha value is -1.40. The second-order valence-corrected chi connectivity index (χ2v) is 10.3. The van der Waals surface area contributed by atoms with E-state index in [2.05, 4.69) is 41.8 Å². The maximum Gasteiger partial charge on any atom is 0.223 e. The lowest BCUT2D eigenvalue weighted by atomic mass is 10.1. The van der Waals surface area contributed by atoms with Crippen LogP contribution < -0.4 is 10.6 Å². The summed E-state index contributed by atoms with van der Waals surface area (Å²) in [6, 6.07) is 8.53. The van der Waals surface area contributed by atoms with Gasteiger partial charge in [0, 0.05) is 19.0 Å². The van der Waals surface area contributed by atoms with E-state index >= 15 is 0 Å². The van der Waals surface area contributed by atoms with Gasteiger partial charge in [0.25, 0.3) is 0 Å². The molecule has 0 aliphatic rings. The van der Waals surface area contributed by atoms with Crippen molar-refractivity contribution >= 4 is 15.7 Å². The monoisotopic (exact) mass is 424 g/mol. The van der Waals surface area contributed by atoms with Crippen LogP contribution in [0.3, 0.4) is 0 Å². The van der Waals surface area contributed by atoms with Crippen LogP contribution in [0, 0.1) is 5.92 Å². The van der Waals surface area contributed by atoms with Crippen molar-refractivity contribution in [2.45, 2.75) is 78.0 Å². The summed E-state index contributed by atoms with van der Waals surface area (Å²) in [7, 11) is -3.24. The normalized spacial score (nSPS) is 12.9. The van der Waals surface area contributed by atoms with Crippen molar-refractivity contribution in [1.82, 2.24) is 10.6 Å². The Bertz CT molecular complexity index is 698. The second-order valence-electron chi connectivity index (χ2n) is 7.92. The minimum Gasteiger partial charge on any atom is -0.356 e. The lowest BCUT2D eigenvalue weighted by Gasteiger charge is -2.19. The molecule has 2 N–H and O–H groups in total. The lowest BCUT2D eigenvalue weighted by Crippen LogP contribution is -2.37. The SMILES string of the molecule is CCCC(CCC)S(=O)(=O)CC(C)C(=O)NCCCNCc1cccc(CC)c1. The summed E-state index contributed by atoms with van der Waals surface area (Å²) in [6.45, 7) is 10.0. The van der Waals surface area contributed by atoms with Crippen LogP contribution in [-0.4, -0.2) is 38.4 Å². The Morgan fingerprint density at radius 2 is 1.69 bits per heavy atom. The number of aryl methyl sites for hydroxylation is 1. The Morgan fingerprint density at radius 1 is 1.03 bits per heavy atom. The molecule has 1 aromatic carbocycles. The first-order valence-electron chi connectivity index (χ1n) is 11.1. The van der Waals surface area contributed by atoms with Crippen LogP contribution in [0.25, 0.3) is 0 Å². The molecule has 0 aliphatic carbocycles. The number of carbonyl (C=O) groups excluding carboxylic acids is 1. The zero-order chi connectivity index (χ0) is 21.7. The van der Waals surface area contributed by atoms with Gasteiger partial charge in [-0.2, -0.15) is 0 Å². The smallest absolute Gasteiger partial charge is 0.223 e. The highest BCUT2D eigenvalue weighted by Crippen LogP contribution is 2.18. The predicted molar refractivity (Wildman–Crippen MR) is 122 cm³/mol. The van der Waals surface area contributed by atoms with Crippen LogP contribution in [0.1, 0.15) is 70.9 Å². The van der Waals surface area contributed by atoms with E-state index in [9.17, 15) is 13.2 Å². The van der Waals surface area contributed by atoms with Gasteiger partial charge in [0.05, 0.1) is 11.0 Å². The van der Waals surface area contributed by atoms with Gasteiger partial charge in [0.2, 0.25) is 5.91 Å². The Kier molecular flexibility index (Phi) is 12.2. The van der Waals surface area contributed by atoms with Gasteiger partial charge in [-0.25, -0.2) is 8.42 Å². The van der Waals surface area contributed by atoms with Crippen LogP contribution in [0.4, 0.5) is 0 Å². The van der Waals surface area contributed by atoms with Crippen molar-refractivity contribution in [3.63, 3.8) is 0 Å². The van der Waals surface area contributed by atoms with Gasteiger partial charge in [-0.3, -0.25) is 4.79 Å². The third-order valence-electron chi connectivity index (χ3n) is 5.22. The molecule has 166 valence electrons. The number of carbonyl (C=O) groups is 1. The van der Waals surface area contributed by atoms with E-state index in [1.54, 1.807) is 6.92 Å². The van der Waals surface area contributed by atoms with Crippen molar-refractivity contribution in [3.8, 4) is 0 Å². The fraction of sp³-hybridized carbons (Fsp3) is 0.696. The summed E-state index contributed by atoms with van der Waals surface area (Å²) in [5.74, 6) is -0.743. The summed E-state index contributed by atoms with van der Waals surface area (Å²) < 4.78 is 25.3. The molecule has 5 nitrogen and oxygen atoms in total. The van der Waals surface area contributed by atoms with E-state index in [0.717, 1.165) is 38.8 Å². The summed E-state index contributed by atoms with van der Waals surface area (Å²) >= 11 is 0. The van der Waals surface area contributed by atoms with E-state index in [4.69, 9.17) is 0 Å². The van der Waals surface area contributed by atoms with Gasteiger partial charge in [0.15, 0.2) is 9.84 Å². The van der Waals surface area contributed by atoms with Crippen molar-refractivity contribution in [2.24, 2.45) is 5.92 Å². The summed E-state index contributed by atoms with van der Waals surface area (Å²) in [4.78, 5) is 12.3. The minimum absolute atomic E-state index is 0.0600. The average Bonchev–Trinajstić information content (AvgIpc) is 2.70. The van der Waals surface area contributed by atoms with Crippen LogP contribution >= 0.6 is 0 Å².